The summed E-state index contributed by atoms with van der Waals surface area (Å²) < 4.78 is 12.6. The third-order valence-electron chi connectivity index (χ3n) is 5.28. The number of carbonyl (C=O) groups excluding carboxylic acids is 1. The molecule has 0 saturated heterocycles. The number of hydrogen-bond acceptors (Lipinski definition) is 3. The largest absolute Gasteiger partial charge is 0.494 e. The van der Waals surface area contributed by atoms with Crippen LogP contribution in [-0.2, 0) is 6.42 Å². The number of carbonyl (C=O) groups is 1. The van der Waals surface area contributed by atoms with E-state index in [9.17, 15) is 4.79 Å². The van der Waals surface area contributed by atoms with Crippen molar-refractivity contribution in [2.75, 3.05) is 18.5 Å². The van der Waals surface area contributed by atoms with E-state index >= 15 is 0 Å². The van der Waals surface area contributed by atoms with E-state index in [0.717, 1.165) is 35.9 Å². The zero-order valence-corrected chi connectivity index (χ0v) is 20.8. The molecular formula is C28H32BrNO3. The van der Waals surface area contributed by atoms with E-state index in [1.54, 1.807) is 6.07 Å². The summed E-state index contributed by atoms with van der Waals surface area (Å²) in [6.45, 7) is 3.44. The highest BCUT2D eigenvalue weighted by Crippen LogP contribution is 2.25. The van der Waals surface area contributed by atoms with Crippen molar-refractivity contribution in [2.24, 2.45) is 0 Å². The van der Waals surface area contributed by atoms with Gasteiger partial charge in [0.1, 0.15) is 11.5 Å². The maximum Gasteiger partial charge on any atom is 0.259 e. The van der Waals surface area contributed by atoms with Gasteiger partial charge in [-0.2, -0.15) is 0 Å². The van der Waals surface area contributed by atoms with E-state index < -0.39 is 0 Å². The maximum absolute atomic E-state index is 12.9. The van der Waals surface area contributed by atoms with E-state index in [1.165, 1.54) is 18.4 Å². The van der Waals surface area contributed by atoms with Gasteiger partial charge in [0.25, 0.3) is 5.91 Å². The van der Waals surface area contributed by atoms with Gasteiger partial charge in [0, 0.05) is 10.2 Å². The lowest BCUT2D eigenvalue weighted by Gasteiger charge is -2.13. The van der Waals surface area contributed by atoms with Gasteiger partial charge in [0.05, 0.1) is 18.8 Å². The van der Waals surface area contributed by atoms with Crippen LogP contribution in [0.2, 0.25) is 0 Å². The number of rotatable bonds is 13. The number of amides is 1. The third kappa shape index (κ3) is 8.58. The van der Waals surface area contributed by atoms with Gasteiger partial charge in [-0.05, 0) is 67.3 Å². The number of ether oxygens (including phenoxy) is 2. The summed E-state index contributed by atoms with van der Waals surface area (Å²) >= 11 is 3.45. The predicted octanol–water partition coefficient (Wildman–Crippen LogP) is 7.67. The van der Waals surface area contributed by atoms with Crippen LogP contribution in [-0.4, -0.2) is 19.1 Å². The van der Waals surface area contributed by atoms with Gasteiger partial charge >= 0.3 is 0 Å². The molecule has 4 nitrogen and oxygen atoms in total. The molecule has 1 amide bonds. The van der Waals surface area contributed by atoms with E-state index in [1.807, 2.05) is 42.5 Å². The van der Waals surface area contributed by atoms with Crippen molar-refractivity contribution in [3.8, 4) is 11.5 Å². The highest BCUT2D eigenvalue weighted by Gasteiger charge is 2.14. The van der Waals surface area contributed by atoms with Crippen molar-refractivity contribution >= 4 is 27.5 Å². The third-order valence-corrected chi connectivity index (χ3v) is 5.77. The molecule has 0 aromatic heterocycles. The van der Waals surface area contributed by atoms with Crippen LogP contribution in [0.3, 0.4) is 0 Å². The topological polar surface area (TPSA) is 47.6 Å². The number of nitrogens with one attached hydrogen (secondary N) is 1. The maximum atomic E-state index is 12.9. The molecule has 0 atom stereocenters. The smallest absolute Gasteiger partial charge is 0.259 e. The summed E-state index contributed by atoms with van der Waals surface area (Å²) in [5.41, 5.74) is 2.54. The van der Waals surface area contributed by atoms with Crippen LogP contribution in [0.4, 0.5) is 5.69 Å². The molecule has 33 heavy (non-hydrogen) atoms. The van der Waals surface area contributed by atoms with Crippen LogP contribution in [0, 0.1) is 0 Å². The Morgan fingerprint density at radius 1 is 0.848 bits per heavy atom. The fraction of sp³-hybridized carbons (Fsp3) is 0.321. The first kappa shape index (κ1) is 24.8. The first-order chi connectivity index (χ1) is 16.2. The van der Waals surface area contributed by atoms with E-state index in [0.29, 0.717) is 30.2 Å². The van der Waals surface area contributed by atoms with Gasteiger partial charge in [0.2, 0.25) is 0 Å². The zero-order chi connectivity index (χ0) is 23.3. The number of halogens is 1. The molecule has 0 heterocycles. The van der Waals surface area contributed by atoms with Crippen molar-refractivity contribution in [3.05, 3.63) is 88.4 Å². The Labute approximate surface area is 205 Å². The van der Waals surface area contributed by atoms with Crippen LogP contribution in [0.15, 0.2) is 77.3 Å². The highest BCUT2D eigenvalue weighted by molar-refractivity contribution is 9.10. The highest BCUT2D eigenvalue weighted by atomic mass is 79.9. The minimum absolute atomic E-state index is 0.198. The number of aryl methyl sites for hydroxylation is 1. The standard InChI is InChI=1S/C28H32BrNO3/c1-2-3-4-8-19-33-27-18-13-23(29)21-26(27)28(31)30-24-14-16-25(17-15-24)32-20-9-12-22-10-6-5-7-11-22/h5-7,10-11,13-18,21H,2-4,8-9,12,19-20H2,1H3,(H,30,31). The quantitative estimate of drug-likeness (QED) is 0.240. The monoisotopic (exact) mass is 509 g/mol. The molecule has 174 valence electrons. The molecule has 0 fully saturated rings. The molecule has 3 aromatic carbocycles. The Bertz CT molecular complexity index is 990. The lowest BCUT2D eigenvalue weighted by atomic mass is 10.1. The van der Waals surface area contributed by atoms with Gasteiger partial charge in [0.15, 0.2) is 0 Å². The van der Waals surface area contributed by atoms with Crippen molar-refractivity contribution in [1.29, 1.82) is 0 Å². The van der Waals surface area contributed by atoms with Crippen LogP contribution < -0.4 is 14.8 Å². The Balaban J connectivity index is 1.50. The predicted molar refractivity (Wildman–Crippen MR) is 138 cm³/mol. The summed E-state index contributed by atoms with van der Waals surface area (Å²) in [7, 11) is 0. The molecule has 1 N–H and O–H groups in total. The van der Waals surface area contributed by atoms with Gasteiger partial charge in [-0.15, -0.1) is 0 Å². The van der Waals surface area contributed by atoms with Gasteiger partial charge in [-0.3, -0.25) is 4.79 Å². The first-order valence-electron chi connectivity index (χ1n) is 11.7. The van der Waals surface area contributed by atoms with Crippen molar-refractivity contribution < 1.29 is 14.3 Å². The molecule has 0 radical (unpaired) electrons. The van der Waals surface area contributed by atoms with Crippen molar-refractivity contribution in [2.45, 2.75) is 45.4 Å². The second-order valence-corrected chi connectivity index (χ2v) is 8.88. The summed E-state index contributed by atoms with van der Waals surface area (Å²) in [4.78, 5) is 12.9. The number of anilines is 1. The SMILES string of the molecule is CCCCCCOc1ccc(Br)cc1C(=O)Nc1ccc(OCCCc2ccccc2)cc1. The molecule has 0 bridgehead atoms. The summed E-state index contributed by atoms with van der Waals surface area (Å²) in [6, 6.07) is 23.4. The fourth-order valence-electron chi connectivity index (χ4n) is 3.46. The van der Waals surface area contributed by atoms with Crippen LogP contribution in [0.25, 0.3) is 0 Å². The average molecular weight is 510 g/mol. The van der Waals surface area contributed by atoms with Crippen molar-refractivity contribution in [3.63, 3.8) is 0 Å². The van der Waals surface area contributed by atoms with Crippen LogP contribution in [0.1, 0.15) is 54.9 Å². The average Bonchev–Trinajstić information content (AvgIpc) is 2.84. The molecule has 0 unspecified atom stereocenters. The van der Waals surface area contributed by atoms with E-state index in [2.05, 4.69) is 52.4 Å². The minimum Gasteiger partial charge on any atom is -0.494 e. The molecule has 0 aliphatic carbocycles. The second kappa shape index (κ2) is 13.7. The summed E-state index contributed by atoms with van der Waals surface area (Å²) in [6.07, 6.45) is 6.44. The number of hydrogen-bond donors (Lipinski definition) is 1. The molecule has 3 aromatic rings. The molecule has 0 spiro atoms. The first-order valence-corrected chi connectivity index (χ1v) is 12.5. The van der Waals surface area contributed by atoms with Crippen LogP contribution >= 0.6 is 15.9 Å². The molecule has 3 rings (SSSR count). The lowest BCUT2D eigenvalue weighted by molar-refractivity contribution is 0.102. The fourth-order valence-corrected chi connectivity index (χ4v) is 3.82. The second-order valence-electron chi connectivity index (χ2n) is 7.97. The Kier molecular flexibility index (Phi) is 10.3. The molecule has 0 saturated carbocycles. The van der Waals surface area contributed by atoms with Crippen LogP contribution in [0.5, 0.6) is 11.5 Å². The van der Waals surface area contributed by atoms with Gasteiger partial charge in [-0.1, -0.05) is 72.4 Å². The Morgan fingerprint density at radius 2 is 1.61 bits per heavy atom. The Morgan fingerprint density at radius 3 is 2.36 bits per heavy atom. The Hall–Kier alpha value is -2.79. The number of unbranched alkanes of at least 4 members (excludes halogenated alkanes) is 3. The number of benzene rings is 3. The minimum atomic E-state index is -0.198. The summed E-state index contributed by atoms with van der Waals surface area (Å²) in [5, 5.41) is 2.96. The zero-order valence-electron chi connectivity index (χ0n) is 19.2. The summed E-state index contributed by atoms with van der Waals surface area (Å²) in [5.74, 6) is 1.20. The van der Waals surface area contributed by atoms with Gasteiger partial charge in [-0.25, -0.2) is 0 Å². The molecule has 0 aliphatic heterocycles. The van der Waals surface area contributed by atoms with Crippen molar-refractivity contribution in [1.82, 2.24) is 0 Å². The van der Waals surface area contributed by atoms with E-state index in [4.69, 9.17) is 9.47 Å². The lowest BCUT2D eigenvalue weighted by Crippen LogP contribution is -2.14. The molecule has 0 aliphatic rings. The van der Waals surface area contributed by atoms with Gasteiger partial charge < -0.3 is 14.8 Å². The van der Waals surface area contributed by atoms with E-state index in [-0.39, 0.29) is 5.91 Å². The molecule has 5 heteroatoms. The molecular weight excluding hydrogens is 478 g/mol. The normalized spacial score (nSPS) is 10.6.